The number of carbonyl (C=O) groups excluding carboxylic acids is 1. The minimum atomic E-state index is -0.0564. The normalized spacial score (nSPS) is 28.5. The van der Waals surface area contributed by atoms with E-state index in [1.807, 2.05) is 30.3 Å². The molecule has 0 saturated heterocycles. The first-order valence-corrected chi connectivity index (χ1v) is 7.96. The van der Waals surface area contributed by atoms with Gasteiger partial charge in [0.25, 0.3) is 0 Å². The minimum absolute atomic E-state index is 0.0407. The summed E-state index contributed by atoms with van der Waals surface area (Å²) in [7, 11) is 0. The van der Waals surface area contributed by atoms with Crippen LogP contribution in [0.1, 0.15) is 24.8 Å². The van der Waals surface area contributed by atoms with Gasteiger partial charge in [0.2, 0.25) is 0 Å². The average Bonchev–Trinajstić information content (AvgIpc) is 2.54. The van der Waals surface area contributed by atoms with Crippen molar-refractivity contribution in [1.82, 2.24) is 0 Å². The van der Waals surface area contributed by atoms with Gasteiger partial charge in [-0.15, -0.1) is 11.6 Å². The number of rotatable bonds is 4. The number of fused-ring (bicyclic) bond motifs is 1. The zero-order valence-electron chi connectivity index (χ0n) is 11.8. The minimum Gasteiger partial charge on any atom is -0.496 e. The Kier molecular flexibility index (Phi) is 4.61. The lowest BCUT2D eigenvalue weighted by atomic mass is 9.78. The van der Waals surface area contributed by atoms with Gasteiger partial charge < -0.3 is 9.47 Å². The first-order chi connectivity index (χ1) is 10.3. The number of benzene rings is 1. The molecule has 0 aromatic heterocycles. The third kappa shape index (κ3) is 3.14. The monoisotopic (exact) mass is 306 g/mol. The largest absolute Gasteiger partial charge is 0.496 e. The predicted octanol–water partition coefficient (Wildman–Crippen LogP) is 3.42. The van der Waals surface area contributed by atoms with Gasteiger partial charge in [-0.2, -0.15) is 0 Å². The van der Waals surface area contributed by atoms with E-state index in [-0.39, 0.29) is 23.9 Å². The summed E-state index contributed by atoms with van der Waals surface area (Å²) in [5, 5.41) is 0. The summed E-state index contributed by atoms with van der Waals surface area (Å²) < 4.78 is 11.5. The van der Waals surface area contributed by atoms with Gasteiger partial charge in [-0.05, 0) is 18.4 Å². The molecule has 0 N–H and O–H groups in total. The predicted molar refractivity (Wildman–Crippen MR) is 82.1 cm³/mol. The average molecular weight is 307 g/mol. The smallest absolute Gasteiger partial charge is 0.173 e. The summed E-state index contributed by atoms with van der Waals surface area (Å²) in [4.78, 5) is 12.7. The van der Waals surface area contributed by atoms with Gasteiger partial charge >= 0.3 is 0 Å². The maximum atomic E-state index is 12.7. The summed E-state index contributed by atoms with van der Waals surface area (Å²) in [5.41, 5.74) is 1.62. The number of allylic oxidation sites excluding steroid dienone is 1. The van der Waals surface area contributed by atoms with E-state index in [2.05, 4.69) is 0 Å². The molecule has 0 amide bonds. The molecule has 0 bridgehead atoms. The summed E-state index contributed by atoms with van der Waals surface area (Å²) >= 11 is 5.65. The van der Waals surface area contributed by atoms with E-state index >= 15 is 0 Å². The van der Waals surface area contributed by atoms with E-state index in [1.54, 1.807) is 6.26 Å². The van der Waals surface area contributed by atoms with E-state index in [0.717, 1.165) is 24.8 Å². The van der Waals surface area contributed by atoms with Crippen molar-refractivity contribution >= 4 is 23.0 Å². The number of hydrogen-bond donors (Lipinski definition) is 0. The summed E-state index contributed by atoms with van der Waals surface area (Å²) in [5.74, 6) is 0.664. The highest BCUT2D eigenvalue weighted by Gasteiger charge is 2.40. The number of carbonyl (C=O) groups is 1. The van der Waals surface area contributed by atoms with E-state index in [0.29, 0.717) is 18.1 Å². The summed E-state index contributed by atoms with van der Waals surface area (Å²) in [6.45, 7) is 0.558. The third-order valence-corrected chi connectivity index (χ3v) is 4.38. The number of ketones is 1. The summed E-state index contributed by atoms with van der Waals surface area (Å²) in [6.07, 6.45) is 4.22. The topological polar surface area (TPSA) is 35.5 Å². The summed E-state index contributed by atoms with van der Waals surface area (Å²) in [6, 6.07) is 9.71. The Labute approximate surface area is 129 Å². The van der Waals surface area contributed by atoms with Crippen LogP contribution in [0.4, 0.5) is 0 Å². The molecule has 21 heavy (non-hydrogen) atoms. The van der Waals surface area contributed by atoms with Crippen LogP contribution in [0.5, 0.6) is 0 Å². The third-order valence-electron chi connectivity index (χ3n) is 4.22. The second-order valence-electron chi connectivity index (χ2n) is 5.54. The molecule has 1 fully saturated rings. The Bertz CT molecular complexity index is 526. The van der Waals surface area contributed by atoms with Crippen LogP contribution in [-0.4, -0.2) is 30.5 Å². The van der Waals surface area contributed by atoms with Crippen LogP contribution in [0.25, 0.3) is 5.57 Å². The van der Waals surface area contributed by atoms with Crippen LogP contribution in [0.15, 0.2) is 36.6 Å². The van der Waals surface area contributed by atoms with Crippen molar-refractivity contribution in [3.05, 3.63) is 42.2 Å². The van der Waals surface area contributed by atoms with E-state index in [1.165, 1.54) is 0 Å². The Morgan fingerprint density at radius 1 is 1.24 bits per heavy atom. The number of alkyl halides is 1. The van der Waals surface area contributed by atoms with Crippen molar-refractivity contribution in [2.75, 3.05) is 12.5 Å². The van der Waals surface area contributed by atoms with Crippen molar-refractivity contribution in [2.24, 2.45) is 5.92 Å². The van der Waals surface area contributed by atoms with Crippen LogP contribution in [0.3, 0.4) is 0 Å². The molecule has 1 aromatic carbocycles. The van der Waals surface area contributed by atoms with Crippen LogP contribution in [-0.2, 0) is 14.3 Å². The standard InChI is InChI=1S/C17H19ClO3/c18-8-9-20-13-6-7-14-16(10-13)21-11-15(17(14)19)12-4-2-1-3-5-12/h1-5,11,13-14,16H,6-10H2. The fourth-order valence-electron chi connectivity index (χ4n) is 3.15. The number of ether oxygens (including phenoxy) is 2. The molecule has 1 aromatic rings. The second-order valence-corrected chi connectivity index (χ2v) is 5.92. The van der Waals surface area contributed by atoms with Crippen molar-refractivity contribution < 1.29 is 14.3 Å². The highest BCUT2D eigenvalue weighted by Crippen LogP contribution is 2.37. The Morgan fingerprint density at radius 2 is 2.05 bits per heavy atom. The van der Waals surface area contributed by atoms with Gasteiger partial charge in [0.1, 0.15) is 6.10 Å². The maximum absolute atomic E-state index is 12.7. The van der Waals surface area contributed by atoms with Crippen molar-refractivity contribution in [2.45, 2.75) is 31.5 Å². The lowest BCUT2D eigenvalue weighted by Gasteiger charge is -2.37. The van der Waals surface area contributed by atoms with Gasteiger partial charge in [-0.1, -0.05) is 30.3 Å². The van der Waals surface area contributed by atoms with E-state index < -0.39 is 0 Å². The van der Waals surface area contributed by atoms with Gasteiger partial charge in [-0.25, -0.2) is 0 Å². The Hall–Kier alpha value is -1.32. The molecule has 1 aliphatic carbocycles. The quantitative estimate of drug-likeness (QED) is 0.800. The molecule has 1 heterocycles. The molecule has 0 radical (unpaired) electrons. The molecule has 2 aliphatic rings. The SMILES string of the molecule is O=C1C(c2ccccc2)=COC2CC(OCCCl)CCC12. The van der Waals surface area contributed by atoms with Gasteiger partial charge in [-0.3, -0.25) is 4.79 Å². The molecule has 4 heteroatoms. The van der Waals surface area contributed by atoms with Crippen LogP contribution in [0, 0.1) is 5.92 Å². The fraction of sp³-hybridized carbons (Fsp3) is 0.471. The van der Waals surface area contributed by atoms with Gasteiger partial charge in [0, 0.05) is 12.3 Å². The number of Topliss-reactive ketones (excluding diaryl/α,β-unsaturated/α-hetero) is 1. The highest BCUT2D eigenvalue weighted by atomic mass is 35.5. The zero-order valence-corrected chi connectivity index (χ0v) is 12.6. The van der Waals surface area contributed by atoms with Crippen LogP contribution in [0.2, 0.25) is 0 Å². The number of halogens is 1. The molecule has 3 nitrogen and oxygen atoms in total. The number of hydrogen-bond acceptors (Lipinski definition) is 3. The van der Waals surface area contributed by atoms with Crippen LogP contribution < -0.4 is 0 Å². The Morgan fingerprint density at radius 3 is 2.81 bits per heavy atom. The van der Waals surface area contributed by atoms with E-state index in [4.69, 9.17) is 21.1 Å². The molecular formula is C17H19ClO3. The maximum Gasteiger partial charge on any atom is 0.173 e. The van der Waals surface area contributed by atoms with Crippen molar-refractivity contribution in [3.63, 3.8) is 0 Å². The van der Waals surface area contributed by atoms with E-state index in [9.17, 15) is 4.79 Å². The first-order valence-electron chi connectivity index (χ1n) is 7.42. The van der Waals surface area contributed by atoms with Gasteiger partial charge in [0.05, 0.1) is 30.5 Å². The van der Waals surface area contributed by atoms with Crippen molar-refractivity contribution in [1.29, 1.82) is 0 Å². The lowest BCUT2D eigenvalue weighted by molar-refractivity contribution is -0.127. The van der Waals surface area contributed by atoms with Crippen molar-refractivity contribution in [3.8, 4) is 0 Å². The lowest BCUT2D eigenvalue weighted by Crippen LogP contribution is -2.41. The molecule has 1 saturated carbocycles. The van der Waals surface area contributed by atoms with Gasteiger partial charge in [0.15, 0.2) is 5.78 Å². The molecule has 3 atom stereocenters. The zero-order chi connectivity index (χ0) is 14.7. The second kappa shape index (κ2) is 6.63. The Balaban J connectivity index is 1.72. The molecule has 112 valence electrons. The molecule has 3 rings (SSSR count). The molecular weight excluding hydrogens is 288 g/mol. The molecule has 0 spiro atoms. The molecule has 3 unspecified atom stereocenters. The first kappa shape index (κ1) is 14.6. The fourth-order valence-corrected chi connectivity index (χ4v) is 3.24. The van der Waals surface area contributed by atoms with Crippen LogP contribution >= 0.6 is 11.6 Å². The molecule has 1 aliphatic heterocycles. The highest BCUT2D eigenvalue weighted by molar-refractivity contribution is 6.22.